The Morgan fingerprint density at radius 3 is 2.76 bits per heavy atom. The molecule has 0 radical (unpaired) electrons. The molecule has 0 spiro atoms. The highest BCUT2D eigenvalue weighted by atomic mass is 32.1. The van der Waals surface area contributed by atoms with Crippen molar-refractivity contribution in [2.45, 2.75) is 13.0 Å². The van der Waals surface area contributed by atoms with Crippen molar-refractivity contribution in [3.63, 3.8) is 0 Å². The second kappa shape index (κ2) is 7.22. The summed E-state index contributed by atoms with van der Waals surface area (Å²) in [5, 5.41) is 3.51. The van der Waals surface area contributed by atoms with Crippen molar-refractivity contribution in [3.05, 3.63) is 94.4 Å². The second-order valence-electron chi connectivity index (χ2n) is 6.80. The summed E-state index contributed by atoms with van der Waals surface area (Å²) in [5.41, 5.74) is 3.01. The van der Waals surface area contributed by atoms with Crippen LogP contribution in [0, 0.1) is 5.82 Å². The van der Waals surface area contributed by atoms with E-state index in [1.807, 2.05) is 48.0 Å². The number of hydrogen-bond acceptors (Lipinski definition) is 4. The molecular formula is C23H16FN3OS. The highest BCUT2D eigenvalue weighted by Crippen LogP contribution is 2.31. The molecule has 0 unspecified atom stereocenters. The minimum absolute atomic E-state index is 0.0254. The van der Waals surface area contributed by atoms with Crippen molar-refractivity contribution in [2.75, 3.05) is 0 Å². The summed E-state index contributed by atoms with van der Waals surface area (Å²) < 4.78 is 16.7. The van der Waals surface area contributed by atoms with Crippen molar-refractivity contribution >= 4 is 32.3 Å². The van der Waals surface area contributed by atoms with Gasteiger partial charge in [0, 0.05) is 58.3 Å². The van der Waals surface area contributed by atoms with Crippen molar-refractivity contribution < 1.29 is 4.39 Å². The molecule has 0 fully saturated rings. The van der Waals surface area contributed by atoms with Crippen LogP contribution in [0.1, 0.15) is 5.69 Å². The number of para-hydroxylation sites is 1. The SMILES string of the molecule is O=c1c2c(-c3ccncc3)csc2ccn1CCc1ccc2cccc(F)c2n1. The van der Waals surface area contributed by atoms with Crippen LogP contribution in [-0.2, 0) is 13.0 Å². The van der Waals surface area contributed by atoms with E-state index in [0.717, 1.165) is 32.3 Å². The fraction of sp³-hybridized carbons (Fsp3) is 0.0870. The van der Waals surface area contributed by atoms with E-state index in [1.54, 1.807) is 34.4 Å². The number of thiophene rings is 1. The van der Waals surface area contributed by atoms with E-state index in [2.05, 4.69) is 9.97 Å². The van der Waals surface area contributed by atoms with Gasteiger partial charge in [-0.05, 0) is 35.9 Å². The van der Waals surface area contributed by atoms with Gasteiger partial charge >= 0.3 is 0 Å². The number of pyridine rings is 3. The monoisotopic (exact) mass is 401 g/mol. The highest BCUT2D eigenvalue weighted by Gasteiger charge is 2.12. The first-order chi connectivity index (χ1) is 14.2. The summed E-state index contributed by atoms with van der Waals surface area (Å²) >= 11 is 1.56. The maximum Gasteiger partial charge on any atom is 0.259 e. The normalized spacial score (nSPS) is 11.3. The predicted octanol–water partition coefficient (Wildman–Crippen LogP) is 5.06. The minimum atomic E-state index is -0.330. The van der Waals surface area contributed by atoms with Crippen molar-refractivity contribution in [3.8, 4) is 11.1 Å². The van der Waals surface area contributed by atoms with Crippen LogP contribution in [0.5, 0.6) is 0 Å². The molecule has 0 N–H and O–H groups in total. The molecule has 0 atom stereocenters. The van der Waals surface area contributed by atoms with Gasteiger partial charge in [0.2, 0.25) is 0 Å². The first-order valence-electron chi connectivity index (χ1n) is 9.26. The maximum atomic E-state index is 14.0. The lowest BCUT2D eigenvalue weighted by Crippen LogP contribution is -2.20. The quantitative estimate of drug-likeness (QED) is 0.423. The molecule has 0 saturated carbocycles. The van der Waals surface area contributed by atoms with Crippen LogP contribution >= 0.6 is 11.3 Å². The van der Waals surface area contributed by atoms with Gasteiger partial charge in [0.25, 0.3) is 5.56 Å². The molecule has 0 bridgehead atoms. The number of aryl methyl sites for hydroxylation is 2. The third kappa shape index (κ3) is 3.21. The maximum absolute atomic E-state index is 14.0. The number of aromatic nitrogens is 3. The molecule has 6 heteroatoms. The summed E-state index contributed by atoms with van der Waals surface area (Å²) in [5.74, 6) is -0.330. The Kier molecular flexibility index (Phi) is 4.41. The van der Waals surface area contributed by atoms with Gasteiger partial charge in [-0.2, -0.15) is 0 Å². The van der Waals surface area contributed by atoms with Gasteiger partial charge < -0.3 is 4.57 Å². The smallest absolute Gasteiger partial charge is 0.259 e. The molecule has 4 nitrogen and oxygen atoms in total. The summed E-state index contributed by atoms with van der Waals surface area (Å²) in [6.45, 7) is 0.480. The Morgan fingerprint density at radius 1 is 1.03 bits per heavy atom. The molecule has 5 rings (SSSR count). The van der Waals surface area contributed by atoms with Crippen LogP contribution in [0.15, 0.2) is 77.3 Å². The fourth-order valence-corrected chi connectivity index (χ4v) is 4.48. The Morgan fingerprint density at radius 2 is 1.90 bits per heavy atom. The van der Waals surface area contributed by atoms with Crippen LogP contribution in [0.4, 0.5) is 4.39 Å². The summed E-state index contributed by atoms with van der Waals surface area (Å²) in [4.78, 5) is 21.6. The predicted molar refractivity (Wildman–Crippen MR) is 115 cm³/mol. The topological polar surface area (TPSA) is 47.8 Å². The molecule has 1 aromatic carbocycles. The van der Waals surface area contributed by atoms with Crippen LogP contribution in [-0.4, -0.2) is 14.5 Å². The largest absolute Gasteiger partial charge is 0.315 e. The van der Waals surface area contributed by atoms with E-state index < -0.39 is 0 Å². The van der Waals surface area contributed by atoms with Crippen LogP contribution in [0.3, 0.4) is 0 Å². The van der Waals surface area contributed by atoms with Crippen LogP contribution in [0.25, 0.3) is 32.1 Å². The van der Waals surface area contributed by atoms with Crippen molar-refractivity contribution in [1.82, 2.24) is 14.5 Å². The molecule has 0 aliphatic rings. The summed E-state index contributed by atoms with van der Waals surface area (Å²) in [7, 11) is 0. The van der Waals surface area contributed by atoms with Crippen molar-refractivity contribution in [2.24, 2.45) is 0 Å². The molecule has 29 heavy (non-hydrogen) atoms. The molecule has 4 heterocycles. The van der Waals surface area contributed by atoms with Gasteiger partial charge in [-0.15, -0.1) is 11.3 Å². The van der Waals surface area contributed by atoms with E-state index in [-0.39, 0.29) is 11.4 Å². The van der Waals surface area contributed by atoms with Gasteiger partial charge in [-0.1, -0.05) is 18.2 Å². The van der Waals surface area contributed by atoms with E-state index in [1.165, 1.54) is 6.07 Å². The first kappa shape index (κ1) is 17.7. The van der Waals surface area contributed by atoms with E-state index in [0.29, 0.717) is 18.5 Å². The fourth-order valence-electron chi connectivity index (χ4n) is 3.53. The molecule has 142 valence electrons. The van der Waals surface area contributed by atoms with E-state index in [4.69, 9.17) is 0 Å². The molecule has 0 saturated heterocycles. The van der Waals surface area contributed by atoms with Gasteiger partial charge in [0.05, 0.1) is 5.39 Å². The number of rotatable bonds is 4. The number of hydrogen-bond donors (Lipinski definition) is 0. The standard InChI is InChI=1S/C23H16FN3OS/c24-19-3-1-2-16-4-5-17(26-22(16)19)8-12-27-13-9-20-21(23(27)28)18(14-29-20)15-6-10-25-11-7-15/h1-7,9-11,13-14H,8,12H2. The molecule has 4 aromatic heterocycles. The molecule has 0 aliphatic carbocycles. The Balaban J connectivity index is 1.49. The van der Waals surface area contributed by atoms with E-state index in [9.17, 15) is 9.18 Å². The molecule has 0 amide bonds. The summed E-state index contributed by atoms with van der Waals surface area (Å²) in [6.07, 6.45) is 5.82. The molecule has 5 aromatic rings. The van der Waals surface area contributed by atoms with Gasteiger partial charge in [0.1, 0.15) is 11.3 Å². The average molecular weight is 401 g/mol. The number of benzene rings is 1. The van der Waals surface area contributed by atoms with E-state index >= 15 is 0 Å². The van der Waals surface area contributed by atoms with Crippen LogP contribution < -0.4 is 5.56 Å². The van der Waals surface area contributed by atoms with Gasteiger partial charge in [0.15, 0.2) is 0 Å². The lowest BCUT2D eigenvalue weighted by atomic mass is 10.1. The lowest BCUT2D eigenvalue weighted by Gasteiger charge is -2.08. The second-order valence-corrected chi connectivity index (χ2v) is 7.71. The third-order valence-electron chi connectivity index (χ3n) is 5.03. The van der Waals surface area contributed by atoms with Crippen molar-refractivity contribution in [1.29, 1.82) is 0 Å². The lowest BCUT2D eigenvalue weighted by molar-refractivity contribution is 0.634. The van der Waals surface area contributed by atoms with Crippen LogP contribution in [0.2, 0.25) is 0 Å². The number of halogens is 1. The average Bonchev–Trinajstić information content (AvgIpc) is 3.19. The number of nitrogens with zero attached hydrogens (tertiary/aromatic N) is 3. The third-order valence-corrected chi connectivity index (χ3v) is 5.98. The molecular weight excluding hydrogens is 385 g/mol. The number of fused-ring (bicyclic) bond motifs is 2. The first-order valence-corrected chi connectivity index (χ1v) is 10.1. The molecule has 0 aliphatic heterocycles. The minimum Gasteiger partial charge on any atom is -0.315 e. The highest BCUT2D eigenvalue weighted by molar-refractivity contribution is 7.17. The van der Waals surface area contributed by atoms with Gasteiger partial charge in [-0.25, -0.2) is 9.37 Å². The van der Waals surface area contributed by atoms with Gasteiger partial charge in [-0.3, -0.25) is 9.78 Å². The Hall–Kier alpha value is -3.38. The zero-order valence-electron chi connectivity index (χ0n) is 15.4. The zero-order chi connectivity index (χ0) is 19.8. The zero-order valence-corrected chi connectivity index (χ0v) is 16.2. The Labute approximate surface area is 169 Å². The summed E-state index contributed by atoms with van der Waals surface area (Å²) in [6, 6.07) is 14.5. The Bertz CT molecular complexity index is 1390.